The molecule has 0 unspecified atom stereocenters. The van der Waals surface area contributed by atoms with Crippen LogP contribution in [0, 0.1) is 0 Å². The molecule has 2 heterocycles. The Morgan fingerprint density at radius 3 is 2.68 bits per heavy atom. The predicted molar refractivity (Wildman–Crippen MR) is 107 cm³/mol. The fourth-order valence-electron chi connectivity index (χ4n) is 3.19. The van der Waals surface area contributed by atoms with Crippen LogP contribution in [0.5, 0.6) is 0 Å². The van der Waals surface area contributed by atoms with Gasteiger partial charge in [-0.2, -0.15) is 0 Å². The number of aromatic amines is 1. The molecule has 0 spiro atoms. The number of hydrogen-bond acceptors (Lipinski definition) is 5. The average molecular weight is 395 g/mol. The molecule has 3 N–H and O–H groups in total. The van der Waals surface area contributed by atoms with E-state index in [2.05, 4.69) is 22.3 Å². The van der Waals surface area contributed by atoms with Crippen molar-refractivity contribution in [3.63, 3.8) is 0 Å². The summed E-state index contributed by atoms with van der Waals surface area (Å²) in [6, 6.07) is 14.2. The Labute approximate surface area is 165 Å². The number of fused-ring (bicyclic) bond motifs is 3. The Balaban J connectivity index is 1.87. The molecule has 0 saturated heterocycles. The van der Waals surface area contributed by atoms with Crippen molar-refractivity contribution in [3.05, 3.63) is 70.0 Å². The standard InChI is InChI=1S/C20H18N4O3S/c1-2-11-28-20-22-18(25)16-14-5-3-4-6-15(14)21-17(24(16)23-20)12-7-9-13(10-8-12)19(26)27/h3-10,17H,2,11H2,1H3,(H2,22,23,25,26,27)/p+1/t17-/m1/s1. The van der Waals surface area contributed by atoms with Crippen molar-refractivity contribution in [2.75, 3.05) is 11.1 Å². The summed E-state index contributed by atoms with van der Waals surface area (Å²) in [5.74, 6) is -0.126. The van der Waals surface area contributed by atoms with Gasteiger partial charge in [0.25, 0.3) is 6.17 Å². The molecule has 0 bridgehead atoms. The van der Waals surface area contributed by atoms with Crippen LogP contribution in [0.1, 0.15) is 35.4 Å². The molecule has 2 aromatic carbocycles. The van der Waals surface area contributed by atoms with Gasteiger partial charge in [0, 0.05) is 16.4 Å². The second kappa shape index (κ2) is 7.47. The van der Waals surface area contributed by atoms with Gasteiger partial charge in [-0.25, -0.2) is 4.79 Å². The number of aromatic nitrogens is 3. The maximum absolute atomic E-state index is 12.9. The smallest absolute Gasteiger partial charge is 0.335 e. The zero-order valence-corrected chi connectivity index (χ0v) is 16.0. The predicted octanol–water partition coefficient (Wildman–Crippen LogP) is 2.90. The van der Waals surface area contributed by atoms with Gasteiger partial charge in [0.05, 0.1) is 16.8 Å². The van der Waals surface area contributed by atoms with E-state index in [0.717, 1.165) is 29.0 Å². The minimum absolute atomic E-state index is 0.199. The van der Waals surface area contributed by atoms with E-state index in [4.69, 9.17) is 5.11 Å². The van der Waals surface area contributed by atoms with Crippen LogP contribution in [-0.2, 0) is 0 Å². The molecular formula is C20H19N4O3S+. The fraction of sp³-hybridized carbons (Fsp3) is 0.200. The van der Waals surface area contributed by atoms with Crippen LogP contribution >= 0.6 is 11.8 Å². The average Bonchev–Trinajstić information content (AvgIpc) is 2.71. The first-order valence-electron chi connectivity index (χ1n) is 8.96. The summed E-state index contributed by atoms with van der Waals surface area (Å²) >= 11 is 1.50. The number of carboxylic acid groups (broad SMARTS) is 1. The Morgan fingerprint density at radius 1 is 1.21 bits per heavy atom. The lowest BCUT2D eigenvalue weighted by Gasteiger charge is -2.22. The molecule has 1 aromatic heterocycles. The topological polar surface area (TPSA) is 99.0 Å². The molecule has 28 heavy (non-hydrogen) atoms. The summed E-state index contributed by atoms with van der Waals surface area (Å²) in [7, 11) is 0. The number of anilines is 1. The van der Waals surface area contributed by atoms with Gasteiger partial charge in [-0.15, -0.1) is 0 Å². The molecule has 1 atom stereocenters. The number of thioether (sulfide) groups is 1. The number of H-pyrrole nitrogens is 1. The van der Waals surface area contributed by atoms with Crippen LogP contribution in [0.2, 0.25) is 0 Å². The Morgan fingerprint density at radius 2 is 1.96 bits per heavy atom. The van der Waals surface area contributed by atoms with E-state index >= 15 is 0 Å². The van der Waals surface area contributed by atoms with Crippen LogP contribution in [0.15, 0.2) is 58.5 Å². The second-order valence-electron chi connectivity index (χ2n) is 6.42. The molecule has 1 aliphatic rings. The summed E-state index contributed by atoms with van der Waals surface area (Å²) < 4.78 is 1.69. The Hall–Kier alpha value is -3.13. The third kappa shape index (κ3) is 3.27. The van der Waals surface area contributed by atoms with Gasteiger partial charge in [-0.3, -0.25) is 9.78 Å². The van der Waals surface area contributed by atoms with E-state index in [0.29, 0.717) is 10.9 Å². The SMILES string of the molecule is CCCSc1n[n+]2c(c(=O)[nH]1)-c1ccccc1N[C@H]2c1ccc(C(=O)O)cc1. The van der Waals surface area contributed by atoms with Gasteiger partial charge in [0.15, 0.2) is 0 Å². The zero-order valence-electron chi connectivity index (χ0n) is 15.2. The quantitative estimate of drug-likeness (QED) is 0.454. The largest absolute Gasteiger partial charge is 0.478 e. The highest BCUT2D eigenvalue weighted by atomic mass is 32.2. The zero-order chi connectivity index (χ0) is 19.7. The molecule has 1 aliphatic heterocycles. The highest BCUT2D eigenvalue weighted by molar-refractivity contribution is 7.99. The van der Waals surface area contributed by atoms with E-state index in [9.17, 15) is 9.59 Å². The van der Waals surface area contributed by atoms with E-state index in [1.54, 1.807) is 28.9 Å². The van der Waals surface area contributed by atoms with Crippen molar-refractivity contribution in [3.8, 4) is 11.3 Å². The first-order chi connectivity index (χ1) is 13.6. The molecule has 0 saturated carbocycles. The van der Waals surface area contributed by atoms with E-state index in [1.807, 2.05) is 24.3 Å². The van der Waals surface area contributed by atoms with Crippen molar-refractivity contribution >= 4 is 23.4 Å². The number of nitrogens with zero attached hydrogens (tertiary/aromatic N) is 2. The van der Waals surface area contributed by atoms with Crippen molar-refractivity contribution in [1.29, 1.82) is 0 Å². The normalized spacial score (nSPS) is 14.7. The van der Waals surface area contributed by atoms with Crippen molar-refractivity contribution in [2.24, 2.45) is 0 Å². The Bertz CT molecular complexity index is 1100. The molecule has 3 aromatic rings. The minimum Gasteiger partial charge on any atom is -0.478 e. The molecule has 0 radical (unpaired) electrons. The maximum Gasteiger partial charge on any atom is 0.335 e. The van der Waals surface area contributed by atoms with Crippen LogP contribution in [-0.4, -0.2) is 26.9 Å². The lowest BCUT2D eigenvalue weighted by Crippen LogP contribution is -2.55. The molecule has 0 aliphatic carbocycles. The number of aromatic carboxylic acids is 1. The lowest BCUT2D eigenvalue weighted by atomic mass is 10.0. The van der Waals surface area contributed by atoms with Gasteiger partial charge >= 0.3 is 17.2 Å². The highest BCUT2D eigenvalue weighted by Gasteiger charge is 2.37. The molecule has 7 nitrogen and oxygen atoms in total. The van der Waals surface area contributed by atoms with Crippen LogP contribution in [0.25, 0.3) is 11.3 Å². The number of carboxylic acids is 1. The first-order valence-corrected chi connectivity index (χ1v) is 9.95. The van der Waals surface area contributed by atoms with E-state index < -0.39 is 12.1 Å². The first kappa shape index (κ1) is 18.2. The van der Waals surface area contributed by atoms with Crippen molar-refractivity contribution in [1.82, 2.24) is 10.1 Å². The van der Waals surface area contributed by atoms with Crippen molar-refractivity contribution < 1.29 is 14.6 Å². The summed E-state index contributed by atoms with van der Waals surface area (Å²) in [6.45, 7) is 2.07. The minimum atomic E-state index is -0.977. The summed E-state index contributed by atoms with van der Waals surface area (Å²) in [6.07, 6.45) is 0.549. The van der Waals surface area contributed by atoms with Gasteiger partial charge in [0.2, 0.25) is 5.16 Å². The van der Waals surface area contributed by atoms with Gasteiger partial charge in [0.1, 0.15) is 0 Å². The molecule has 4 rings (SSSR count). The number of para-hydroxylation sites is 1. The van der Waals surface area contributed by atoms with Crippen molar-refractivity contribution in [2.45, 2.75) is 24.7 Å². The number of hydrogen-bond donors (Lipinski definition) is 3. The number of nitrogens with one attached hydrogen (secondary N) is 2. The monoisotopic (exact) mass is 395 g/mol. The molecule has 142 valence electrons. The van der Waals surface area contributed by atoms with Gasteiger partial charge in [-0.05, 0) is 47.5 Å². The summed E-state index contributed by atoms with van der Waals surface area (Å²) in [5, 5.41) is 17.8. The van der Waals surface area contributed by atoms with Gasteiger partial charge in [-0.1, -0.05) is 30.8 Å². The third-order valence-electron chi connectivity index (χ3n) is 4.50. The third-order valence-corrected chi connectivity index (χ3v) is 5.57. The lowest BCUT2D eigenvalue weighted by molar-refractivity contribution is -0.759. The van der Waals surface area contributed by atoms with Gasteiger partial charge < -0.3 is 10.4 Å². The van der Waals surface area contributed by atoms with E-state index in [-0.39, 0.29) is 11.1 Å². The van der Waals surface area contributed by atoms with Crippen LogP contribution in [0.3, 0.4) is 0 Å². The summed E-state index contributed by atoms with van der Waals surface area (Å²) in [5.41, 5.74) is 2.91. The summed E-state index contributed by atoms with van der Waals surface area (Å²) in [4.78, 5) is 26.9. The fourth-order valence-corrected chi connectivity index (χ4v) is 3.89. The molecular weight excluding hydrogens is 376 g/mol. The Kier molecular flexibility index (Phi) is 4.87. The molecule has 0 amide bonds. The molecule has 8 heteroatoms. The van der Waals surface area contributed by atoms with E-state index in [1.165, 1.54) is 11.8 Å². The van der Waals surface area contributed by atoms with Crippen LogP contribution in [0.4, 0.5) is 5.69 Å². The maximum atomic E-state index is 12.9. The molecule has 0 fully saturated rings. The second-order valence-corrected chi connectivity index (χ2v) is 7.50. The number of benzene rings is 2. The highest BCUT2D eigenvalue weighted by Crippen LogP contribution is 2.31. The number of carbonyl (C=O) groups is 1. The van der Waals surface area contributed by atoms with Crippen LogP contribution < -0.4 is 15.6 Å². The number of rotatable bonds is 5.